The SMILES string of the molecule is CC1CC(C(=O)N2CCC3(CC2)CC(N2CCCC2)C3)C1. The fraction of sp³-hybridized carbons (Fsp3) is 0.944. The summed E-state index contributed by atoms with van der Waals surface area (Å²) in [4.78, 5) is 17.3. The summed E-state index contributed by atoms with van der Waals surface area (Å²) in [7, 11) is 0. The van der Waals surface area contributed by atoms with Gasteiger partial charge in [-0.05, 0) is 75.8 Å². The first-order valence-corrected chi connectivity index (χ1v) is 9.18. The minimum Gasteiger partial charge on any atom is -0.342 e. The van der Waals surface area contributed by atoms with Crippen molar-refractivity contribution in [2.75, 3.05) is 26.2 Å². The van der Waals surface area contributed by atoms with Crippen molar-refractivity contribution < 1.29 is 4.79 Å². The summed E-state index contributed by atoms with van der Waals surface area (Å²) in [6.45, 7) is 7.02. The smallest absolute Gasteiger partial charge is 0.225 e. The van der Waals surface area contributed by atoms with E-state index in [1.54, 1.807) is 0 Å². The van der Waals surface area contributed by atoms with E-state index in [0.717, 1.165) is 37.9 Å². The molecule has 0 unspecified atom stereocenters. The lowest BCUT2D eigenvalue weighted by atomic mass is 9.60. The van der Waals surface area contributed by atoms with Crippen molar-refractivity contribution in [1.29, 1.82) is 0 Å². The van der Waals surface area contributed by atoms with Gasteiger partial charge in [0, 0.05) is 25.0 Å². The highest BCUT2D eigenvalue weighted by Crippen LogP contribution is 2.51. The maximum atomic E-state index is 12.4. The Labute approximate surface area is 129 Å². The molecule has 0 radical (unpaired) electrons. The summed E-state index contributed by atoms with van der Waals surface area (Å²) < 4.78 is 0. The van der Waals surface area contributed by atoms with E-state index >= 15 is 0 Å². The molecule has 1 amide bonds. The summed E-state index contributed by atoms with van der Waals surface area (Å²) in [5.74, 6) is 1.62. The lowest BCUT2D eigenvalue weighted by Crippen LogP contribution is -2.56. The lowest BCUT2D eigenvalue weighted by molar-refractivity contribution is -0.144. The number of nitrogens with zero attached hydrogens (tertiary/aromatic N) is 2. The van der Waals surface area contributed by atoms with Gasteiger partial charge in [0.05, 0.1) is 0 Å². The minimum atomic E-state index is 0.368. The first-order valence-electron chi connectivity index (χ1n) is 9.18. The number of hydrogen-bond acceptors (Lipinski definition) is 2. The molecule has 2 aliphatic carbocycles. The van der Waals surface area contributed by atoms with Crippen LogP contribution in [0.25, 0.3) is 0 Å². The van der Waals surface area contributed by atoms with Gasteiger partial charge in [0.2, 0.25) is 5.91 Å². The quantitative estimate of drug-likeness (QED) is 0.781. The van der Waals surface area contributed by atoms with E-state index in [-0.39, 0.29) is 0 Å². The van der Waals surface area contributed by atoms with Crippen LogP contribution < -0.4 is 0 Å². The highest BCUT2D eigenvalue weighted by atomic mass is 16.2. The van der Waals surface area contributed by atoms with E-state index in [4.69, 9.17) is 0 Å². The normalized spacial score (nSPS) is 36.5. The fourth-order valence-electron chi connectivity index (χ4n) is 5.28. The van der Waals surface area contributed by atoms with Gasteiger partial charge in [-0.25, -0.2) is 0 Å². The van der Waals surface area contributed by atoms with Gasteiger partial charge in [-0.1, -0.05) is 6.92 Å². The predicted octanol–water partition coefficient (Wildman–Crippen LogP) is 2.90. The van der Waals surface area contributed by atoms with Crippen LogP contribution in [0, 0.1) is 17.3 Å². The molecule has 3 nitrogen and oxygen atoms in total. The van der Waals surface area contributed by atoms with Gasteiger partial charge >= 0.3 is 0 Å². The van der Waals surface area contributed by atoms with Crippen molar-refractivity contribution in [2.24, 2.45) is 17.3 Å². The summed E-state index contributed by atoms with van der Waals surface area (Å²) in [6, 6.07) is 0.877. The third-order valence-electron chi connectivity index (χ3n) is 6.85. The number of piperidine rings is 1. The second-order valence-electron chi connectivity index (χ2n) is 8.40. The van der Waals surface area contributed by atoms with Crippen LogP contribution in [0.2, 0.25) is 0 Å². The standard InChI is InChI=1S/C18H30N2O/c1-14-10-15(11-14)17(21)20-8-4-18(5-9-20)12-16(13-18)19-6-2-3-7-19/h14-16H,2-13H2,1H3. The highest BCUT2D eigenvalue weighted by molar-refractivity contribution is 5.79. The van der Waals surface area contributed by atoms with E-state index in [0.29, 0.717) is 17.2 Å². The number of carbonyl (C=O) groups excluding carboxylic acids is 1. The Morgan fingerprint density at radius 1 is 1.00 bits per heavy atom. The number of carbonyl (C=O) groups is 1. The molecule has 3 heteroatoms. The molecule has 0 N–H and O–H groups in total. The zero-order chi connectivity index (χ0) is 14.4. The molecule has 0 aromatic heterocycles. The summed E-state index contributed by atoms with van der Waals surface area (Å²) >= 11 is 0. The van der Waals surface area contributed by atoms with Crippen molar-refractivity contribution in [3.63, 3.8) is 0 Å². The summed E-state index contributed by atoms with van der Waals surface area (Å²) in [5.41, 5.74) is 0.608. The first kappa shape index (κ1) is 14.0. The Hall–Kier alpha value is -0.570. The monoisotopic (exact) mass is 290 g/mol. The summed E-state index contributed by atoms with van der Waals surface area (Å²) in [5, 5.41) is 0. The van der Waals surface area contributed by atoms with Crippen LogP contribution in [0.5, 0.6) is 0 Å². The van der Waals surface area contributed by atoms with E-state index in [1.807, 2.05) is 0 Å². The zero-order valence-corrected chi connectivity index (χ0v) is 13.5. The van der Waals surface area contributed by atoms with Gasteiger partial charge in [-0.15, -0.1) is 0 Å². The largest absolute Gasteiger partial charge is 0.342 e. The first-order chi connectivity index (χ1) is 10.2. The van der Waals surface area contributed by atoms with Gasteiger partial charge in [0.15, 0.2) is 0 Å². The minimum absolute atomic E-state index is 0.368. The molecule has 4 rings (SSSR count). The van der Waals surface area contributed by atoms with Crippen LogP contribution in [0.15, 0.2) is 0 Å². The topological polar surface area (TPSA) is 23.6 Å². The molecule has 0 aromatic carbocycles. The highest BCUT2D eigenvalue weighted by Gasteiger charge is 2.49. The maximum Gasteiger partial charge on any atom is 0.225 e. The van der Waals surface area contributed by atoms with Crippen molar-refractivity contribution in [2.45, 2.75) is 64.3 Å². The van der Waals surface area contributed by atoms with Crippen LogP contribution in [-0.4, -0.2) is 47.9 Å². The molecule has 21 heavy (non-hydrogen) atoms. The Bertz CT molecular complexity index is 393. The van der Waals surface area contributed by atoms with Gasteiger partial charge in [0.1, 0.15) is 0 Å². The van der Waals surface area contributed by atoms with Crippen molar-refractivity contribution in [3.05, 3.63) is 0 Å². The molecule has 2 aliphatic heterocycles. The van der Waals surface area contributed by atoms with Crippen LogP contribution in [-0.2, 0) is 4.79 Å². The molecule has 0 aromatic rings. The fourth-order valence-corrected chi connectivity index (χ4v) is 5.28. The van der Waals surface area contributed by atoms with Crippen LogP contribution in [0.3, 0.4) is 0 Å². The molecule has 2 saturated carbocycles. The van der Waals surface area contributed by atoms with Crippen molar-refractivity contribution >= 4 is 5.91 Å². The number of hydrogen-bond donors (Lipinski definition) is 0. The lowest BCUT2D eigenvalue weighted by Gasteiger charge is -2.55. The summed E-state index contributed by atoms with van der Waals surface area (Å²) in [6.07, 6.45) is 10.5. The van der Waals surface area contributed by atoms with E-state index in [9.17, 15) is 4.79 Å². The predicted molar refractivity (Wildman–Crippen MR) is 84.0 cm³/mol. The second kappa shape index (κ2) is 5.26. The Kier molecular flexibility index (Phi) is 3.52. The average molecular weight is 290 g/mol. The third-order valence-corrected chi connectivity index (χ3v) is 6.85. The van der Waals surface area contributed by atoms with E-state index in [1.165, 1.54) is 51.6 Å². The average Bonchev–Trinajstić information content (AvgIpc) is 2.94. The van der Waals surface area contributed by atoms with E-state index < -0.39 is 0 Å². The number of likely N-dealkylation sites (tertiary alicyclic amines) is 2. The van der Waals surface area contributed by atoms with Crippen molar-refractivity contribution in [1.82, 2.24) is 9.80 Å². The number of amides is 1. The van der Waals surface area contributed by atoms with Gasteiger partial charge in [-0.3, -0.25) is 4.79 Å². The van der Waals surface area contributed by atoms with Crippen LogP contribution in [0.4, 0.5) is 0 Å². The second-order valence-corrected chi connectivity index (χ2v) is 8.40. The molecule has 118 valence electrons. The Morgan fingerprint density at radius 3 is 2.19 bits per heavy atom. The molecule has 0 bridgehead atoms. The molecule has 2 saturated heterocycles. The number of rotatable bonds is 2. The Balaban J connectivity index is 1.25. The zero-order valence-electron chi connectivity index (χ0n) is 13.5. The maximum absolute atomic E-state index is 12.4. The third kappa shape index (κ3) is 2.52. The van der Waals surface area contributed by atoms with Gasteiger partial charge in [0.25, 0.3) is 0 Å². The molecule has 4 aliphatic rings. The van der Waals surface area contributed by atoms with Gasteiger partial charge in [-0.2, -0.15) is 0 Å². The molecular weight excluding hydrogens is 260 g/mol. The molecule has 1 spiro atoms. The molecular formula is C18H30N2O. The van der Waals surface area contributed by atoms with Gasteiger partial charge < -0.3 is 9.80 Å². The Morgan fingerprint density at radius 2 is 1.62 bits per heavy atom. The van der Waals surface area contributed by atoms with Crippen molar-refractivity contribution in [3.8, 4) is 0 Å². The van der Waals surface area contributed by atoms with E-state index in [2.05, 4.69) is 16.7 Å². The van der Waals surface area contributed by atoms with Crippen LogP contribution >= 0.6 is 0 Å². The molecule has 4 fully saturated rings. The molecule has 2 heterocycles. The van der Waals surface area contributed by atoms with Crippen LogP contribution in [0.1, 0.15) is 58.3 Å². The molecule has 0 atom stereocenters.